The van der Waals surface area contributed by atoms with Crippen molar-refractivity contribution in [1.82, 2.24) is 0 Å². The first-order valence-corrected chi connectivity index (χ1v) is 13.8. The average Bonchev–Trinajstić information content (AvgIpc) is 2.46. The molecule has 1 nitrogen and oxygen atoms in total. The molecule has 2 N–H and O–H groups in total. The van der Waals surface area contributed by atoms with Crippen LogP contribution in [0.15, 0.2) is 30.3 Å². The molecule has 1 rings (SSSR count). The molecule has 1 aromatic carbocycles. The Morgan fingerprint density at radius 3 is 1.81 bits per heavy atom. The second-order valence-corrected chi connectivity index (χ2v) is 19.1. The van der Waals surface area contributed by atoms with Crippen LogP contribution in [0, 0.1) is 0 Å². The molecule has 0 fully saturated rings. The van der Waals surface area contributed by atoms with Crippen LogP contribution in [0.25, 0.3) is 0 Å². The van der Waals surface area contributed by atoms with Gasteiger partial charge in [0.1, 0.15) is 0 Å². The van der Waals surface area contributed by atoms with Gasteiger partial charge in [0.2, 0.25) is 0 Å². The molecular weight excluding hydrogens is 341 g/mol. The predicted octanol–water partition coefficient (Wildman–Crippen LogP) is 5.51. The molecule has 122 valence electrons. The third-order valence-electron chi connectivity index (χ3n) is 4.31. The van der Waals surface area contributed by atoms with Gasteiger partial charge in [0.25, 0.3) is 0 Å². The van der Waals surface area contributed by atoms with Crippen LogP contribution in [-0.4, -0.2) is 26.0 Å². The molecule has 21 heavy (non-hydrogen) atoms. The summed E-state index contributed by atoms with van der Waals surface area (Å²) in [5, 5.41) is -0.336. The van der Waals surface area contributed by atoms with Crippen molar-refractivity contribution < 1.29 is 0 Å². The summed E-state index contributed by atoms with van der Waals surface area (Å²) in [6.45, 7) is 5.73. The van der Waals surface area contributed by atoms with Gasteiger partial charge in [-0.3, -0.25) is 0 Å². The van der Waals surface area contributed by atoms with Gasteiger partial charge in [-0.1, -0.05) is 0 Å². The first-order valence-electron chi connectivity index (χ1n) is 8.42. The molecule has 0 radical (unpaired) electrons. The predicted molar refractivity (Wildman–Crippen MR) is 105 cm³/mol. The van der Waals surface area contributed by atoms with Crippen molar-refractivity contribution in [3.8, 4) is 0 Å². The van der Waals surface area contributed by atoms with Gasteiger partial charge in [0, 0.05) is 0 Å². The summed E-state index contributed by atoms with van der Waals surface area (Å²) < 4.78 is 0. The molecule has 0 aliphatic carbocycles. The monoisotopic (exact) mass is 373 g/mol. The van der Waals surface area contributed by atoms with Gasteiger partial charge >= 0.3 is 140 Å². The van der Waals surface area contributed by atoms with Crippen LogP contribution in [0.3, 0.4) is 0 Å². The minimum atomic E-state index is -1.84. The Morgan fingerprint density at radius 1 is 0.810 bits per heavy atom. The number of rotatable bonds is 11. The van der Waals surface area contributed by atoms with E-state index in [4.69, 9.17) is 5.73 Å². The summed E-state index contributed by atoms with van der Waals surface area (Å²) in [5.41, 5.74) is 5.51. The molecule has 0 aliphatic heterocycles. The Labute approximate surface area is 139 Å². The molecule has 0 aromatic heterocycles. The van der Waals surface area contributed by atoms with E-state index in [1.54, 1.807) is 0 Å². The van der Waals surface area contributed by atoms with Crippen molar-refractivity contribution in [1.29, 1.82) is 0 Å². The number of benzene rings is 1. The van der Waals surface area contributed by atoms with Crippen LogP contribution in [-0.2, 0) is 0 Å². The molecule has 0 spiro atoms. The zero-order chi connectivity index (χ0) is 15.6. The molecular formula is C18H33BrNP. The number of nitrogens with two attached hydrogens (primary N) is 1. The van der Waals surface area contributed by atoms with Crippen LogP contribution in [0.1, 0.15) is 51.4 Å². The van der Waals surface area contributed by atoms with Crippen molar-refractivity contribution >= 4 is 26.1 Å². The molecule has 0 atom stereocenters. The second kappa shape index (κ2) is 9.28. The summed E-state index contributed by atoms with van der Waals surface area (Å²) in [6.07, 6.45) is 12.0. The average molecular weight is 374 g/mol. The van der Waals surface area contributed by atoms with Crippen molar-refractivity contribution in [3.63, 3.8) is 0 Å². The zero-order valence-electron chi connectivity index (χ0n) is 13.9. The van der Waals surface area contributed by atoms with E-state index in [-0.39, 0.29) is 0 Å². The minimum absolute atomic E-state index is 0.852. The van der Waals surface area contributed by atoms with Crippen LogP contribution in [0.5, 0.6) is 0 Å². The van der Waals surface area contributed by atoms with Crippen molar-refractivity contribution in [3.05, 3.63) is 30.3 Å². The van der Waals surface area contributed by atoms with Gasteiger partial charge < -0.3 is 0 Å². The van der Waals surface area contributed by atoms with Crippen LogP contribution in [0.4, 0.5) is 0 Å². The molecule has 0 saturated heterocycles. The van der Waals surface area contributed by atoms with E-state index in [1.807, 2.05) is 0 Å². The van der Waals surface area contributed by atoms with Crippen LogP contribution in [0.2, 0.25) is 0 Å². The van der Waals surface area contributed by atoms with E-state index in [9.17, 15) is 0 Å². The van der Waals surface area contributed by atoms with E-state index in [1.165, 1.54) is 62.8 Å². The molecule has 0 bridgehead atoms. The standard InChI is InChI=1S/C18H33BrNP/c1-21(2,19,18-14-10-9-11-15-18)17-13-8-6-4-3-5-7-12-16-20/h9-11,14-15H,3-8,12-13,16-17,20H2,1-2H3. The fraction of sp³-hybridized carbons (Fsp3) is 0.667. The maximum atomic E-state index is 5.51. The van der Waals surface area contributed by atoms with Gasteiger partial charge in [0.05, 0.1) is 0 Å². The third kappa shape index (κ3) is 7.77. The Balaban J connectivity index is 2.19. The Kier molecular flexibility index (Phi) is 8.46. The van der Waals surface area contributed by atoms with Gasteiger partial charge in [-0.05, 0) is 0 Å². The van der Waals surface area contributed by atoms with Crippen LogP contribution >= 0.6 is 20.8 Å². The quantitative estimate of drug-likeness (QED) is 0.401. The summed E-state index contributed by atoms with van der Waals surface area (Å²) in [5.74, 6) is 0. The summed E-state index contributed by atoms with van der Waals surface area (Å²) in [7, 11) is 0. The Morgan fingerprint density at radius 2 is 1.29 bits per heavy atom. The number of halogens is 1. The molecule has 3 heteroatoms. The van der Waals surface area contributed by atoms with Gasteiger partial charge in [0.15, 0.2) is 0 Å². The SMILES string of the molecule is CP(C)(Br)(CCCCCCCCCCN)c1ccccc1. The Hall–Kier alpha value is 0.0900. The van der Waals surface area contributed by atoms with E-state index >= 15 is 0 Å². The summed E-state index contributed by atoms with van der Waals surface area (Å²) in [6, 6.07) is 11.0. The maximum absolute atomic E-state index is 5.51. The fourth-order valence-corrected chi connectivity index (χ4v) is 6.73. The van der Waals surface area contributed by atoms with E-state index in [0.29, 0.717) is 0 Å². The number of hydrogen-bond acceptors (Lipinski definition) is 1. The van der Waals surface area contributed by atoms with E-state index in [2.05, 4.69) is 59.2 Å². The molecule has 0 amide bonds. The van der Waals surface area contributed by atoms with Crippen LogP contribution < -0.4 is 11.0 Å². The van der Waals surface area contributed by atoms with Crippen molar-refractivity contribution in [2.45, 2.75) is 51.4 Å². The fourth-order valence-electron chi connectivity index (χ4n) is 2.79. The van der Waals surface area contributed by atoms with E-state index < -0.39 is 5.31 Å². The first kappa shape index (κ1) is 19.1. The second-order valence-electron chi connectivity index (χ2n) is 6.90. The van der Waals surface area contributed by atoms with Crippen molar-refractivity contribution in [2.24, 2.45) is 5.73 Å². The summed E-state index contributed by atoms with van der Waals surface area (Å²) in [4.78, 5) is 0. The topological polar surface area (TPSA) is 26.0 Å². The zero-order valence-corrected chi connectivity index (χ0v) is 16.3. The van der Waals surface area contributed by atoms with Crippen molar-refractivity contribution in [2.75, 3.05) is 26.0 Å². The molecule has 0 aliphatic rings. The van der Waals surface area contributed by atoms with Gasteiger partial charge in [-0.15, -0.1) is 0 Å². The summed E-state index contributed by atoms with van der Waals surface area (Å²) >= 11 is 4.12. The number of unbranched alkanes of at least 4 members (excludes halogenated alkanes) is 7. The first-order chi connectivity index (χ1) is 9.94. The van der Waals surface area contributed by atoms with Gasteiger partial charge in [-0.2, -0.15) is 0 Å². The molecule has 0 saturated carbocycles. The van der Waals surface area contributed by atoms with E-state index in [0.717, 1.165) is 6.54 Å². The molecule has 1 aromatic rings. The Bertz CT molecular complexity index is 383. The molecule has 0 unspecified atom stereocenters. The normalized spacial score (nSPS) is 13.8. The molecule has 0 heterocycles. The number of hydrogen-bond donors (Lipinski definition) is 1. The van der Waals surface area contributed by atoms with Gasteiger partial charge in [-0.25, -0.2) is 0 Å². The third-order valence-corrected chi connectivity index (χ3v) is 10.1.